The summed E-state index contributed by atoms with van der Waals surface area (Å²) < 4.78 is 30.9. The second kappa shape index (κ2) is 8.02. The van der Waals surface area contributed by atoms with E-state index in [1.165, 1.54) is 7.11 Å². The van der Waals surface area contributed by atoms with Crippen LogP contribution in [0.3, 0.4) is 0 Å². The third kappa shape index (κ3) is 5.00. The SMILES string of the molecule is CNC(=S)NC(=O)C(C)(C)C(N=S(=O)=O)c1ccc(OC)cc1. The van der Waals surface area contributed by atoms with E-state index in [0.29, 0.717) is 11.3 Å². The quantitative estimate of drug-likeness (QED) is 0.774. The molecule has 1 amide bonds. The molecular formula is C14H19N3O4S2. The molecule has 0 aliphatic rings. The second-order valence-corrected chi connectivity index (χ2v) is 6.31. The van der Waals surface area contributed by atoms with Gasteiger partial charge in [0.25, 0.3) is 0 Å². The zero-order valence-electron chi connectivity index (χ0n) is 13.3. The van der Waals surface area contributed by atoms with Gasteiger partial charge in [0.1, 0.15) is 11.8 Å². The van der Waals surface area contributed by atoms with Gasteiger partial charge in [-0.15, -0.1) is 0 Å². The first kappa shape index (κ1) is 19.0. The van der Waals surface area contributed by atoms with E-state index in [1.807, 2.05) is 0 Å². The van der Waals surface area contributed by atoms with Crippen molar-refractivity contribution >= 4 is 33.7 Å². The number of hydrogen-bond donors (Lipinski definition) is 2. The first-order chi connectivity index (χ1) is 10.7. The molecule has 0 fully saturated rings. The minimum atomic E-state index is -2.67. The molecule has 0 saturated heterocycles. The number of nitrogens with zero attached hydrogens (tertiary/aromatic N) is 1. The number of nitrogens with one attached hydrogen (secondary N) is 2. The molecule has 126 valence electrons. The molecule has 0 saturated carbocycles. The molecule has 1 aromatic carbocycles. The van der Waals surface area contributed by atoms with Crippen molar-refractivity contribution in [2.75, 3.05) is 14.2 Å². The molecule has 0 aliphatic heterocycles. The molecule has 1 unspecified atom stereocenters. The van der Waals surface area contributed by atoms with Crippen LogP contribution in [-0.4, -0.2) is 33.6 Å². The Hall–Kier alpha value is -2.00. The number of hydrogen-bond acceptors (Lipinski definition) is 6. The first-order valence-corrected chi connectivity index (χ1v) is 8.13. The summed E-state index contributed by atoms with van der Waals surface area (Å²) in [5.74, 6) is 0.182. The van der Waals surface area contributed by atoms with Crippen LogP contribution in [0.15, 0.2) is 28.6 Å². The molecule has 23 heavy (non-hydrogen) atoms. The van der Waals surface area contributed by atoms with Crippen LogP contribution in [0.5, 0.6) is 5.75 Å². The summed E-state index contributed by atoms with van der Waals surface area (Å²) in [5, 5.41) is 5.30. The highest BCUT2D eigenvalue weighted by Crippen LogP contribution is 2.37. The Morgan fingerprint density at radius 1 is 1.30 bits per heavy atom. The molecule has 1 aromatic rings. The van der Waals surface area contributed by atoms with Crippen molar-refractivity contribution in [1.29, 1.82) is 0 Å². The van der Waals surface area contributed by atoms with Gasteiger partial charge >= 0.3 is 10.5 Å². The van der Waals surface area contributed by atoms with Gasteiger partial charge in [0, 0.05) is 7.05 Å². The average Bonchev–Trinajstić information content (AvgIpc) is 2.52. The van der Waals surface area contributed by atoms with Crippen molar-refractivity contribution in [3.8, 4) is 5.75 Å². The lowest BCUT2D eigenvalue weighted by atomic mass is 9.80. The highest BCUT2D eigenvalue weighted by Gasteiger charge is 2.39. The Morgan fingerprint density at radius 2 is 1.87 bits per heavy atom. The fraction of sp³-hybridized carbons (Fsp3) is 0.429. The molecule has 0 heterocycles. The molecule has 1 atom stereocenters. The van der Waals surface area contributed by atoms with Crippen molar-refractivity contribution in [2.24, 2.45) is 9.78 Å². The number of carbonyl (C=O) groups excluding carboxylic acids is 1. The summed E-state index contributed by atoms with van der Waals surface area (Å²) >= 11 is 4.91. The Morgan fingerprint density at radius 3 is 2.30 bits per heavy atom. The number of methoxy groups -OCH3 is 1. The van der Waals surface area contributed by atoms with Gasteiger partial charge in [-0.1, -0.05) is 12.1 Å². The van der Waals surface area contributed by atoms with Crippen LogP contribution in [0.2, 0.25) is 0 Å². The van der Waals surface area contributed by atoms with E-state index in [2.05, 4.69) is 15.0 Å². The fourth-order valence-electron chi connectivity index (χ4n) is 1.93. The molecule has 1 rings (SSSR count). The van der Waals surface area contributed by atoms with Crippen molar-refractivity contribution < 1.29 is 17.9 Å². The van der Waals surface area contributed by atoms with Gasteiger partial charge in [0.05, 0.1) is 12.5 Å². The van der Waals surface area contributed by atoms with Crippen LogP contribution in [0.1, 0.15) is 25.5 Å². The highest BCUT2D eigenvalue weighted by molar-refractivity contribution is 7.80. The Labute approximate surface area is 142 Å². The summed E-state index contributed by atoms with van der Waals surface area (Å²) in [6.07, 6.45) is 0. The summed E-state index contributed by atoms with van der Waals surface area (Å²) in [7, 11) is 0.439. The van der Waals surface area contributed by atoms with Gasteiger partial charge in [0.2, 0.25) is 5.91 Å². The molecule has 0 radical (unpaired) electrons. The molecule has 0 aromatic heterocycles. The number of ether oxygens (including phenoxy) is 1. The lowest BCUT2D eigenvalue weighted by molar-refractivity contribution is -0.128. The summed E-state index contributed by atoms with van der Waals surface area (Å²) in [6, 6.07) is 5.80. The number of benzene rings is 1. The molecule has 0 aliphatic carbocycles. The third-order valence-corrected chi connectivity index (χ3v) is 4.04. The van der Waals surface area contributed by atoms with Crippen LogP contribution < -0.4 is 15.4 Å². The van der Waals surface area contributed by atoms with E-state index in [-0.39, 0.29) is 5.11 Å². The van der Waals surface area contributed by atoms with Crippen molar-refractivity contribution in [1.82, 2.24) is 10.6 Å². The van der Waals surface area contributed by atoms with Crippen LogP contribution in [0, 0.1) is 5.41 Å². The predicted molar refractivity (Wildman–Crippen MR) is 90.7 cm³/mol. The number of rotatable bonds is 5. The van der Waals surface area contributed by atoms with Gasteiger partial charge in [0.15, 0.2) is 5.11 Å². The van der Waals surface area contributed by atoms with E-state index in [0.717, 1.165) is 0 Å². The molecule has 0 bridgehead atoms. The fourth-order valence-corrected chi connectivity index (χ4v) is 2.58. The Bertz CT molecular complexity index is 704. The lowest BCUT2D eigenvalue weighted by Gasteiger charge is -2.29. The number of carbonyl (C=O) groups is 1. The van der Waals surface area contributed by atoms with Gasteiger partial charge in [-0.3, -0.25) is 4.79 Å². The Balaban J connectivity index is 3.25. The van der Waals surface area contributed by atoms with Crippen LogP contribution in [-0.2, 0) is 15.3 Å². The predicted octanol–water partition coefficient (Wildman–Crippen LogP) is 1.45. The first-order valence-electron chi connectivity index (χ1n) is 6.69. The van der Waals surface area contributed by atoms with Gasteiger partial charge < -0.3 is 15.4 Å². The maximum atomic E-state index is 12.4. The summed E-state index contributed by atoms with van der Waals surface area (Å²) in [4.78, 5) is 12.4. The van der Waals surface area contributed by atoms with E-state index in [9.17, 15) is 13.2 Å². The zero-order chi connectivity index (χ0) is 17.6. The lowest BCUT2D eigenvalue weighted by Crippen LogP contribution is -2.46. The summed E-state index contributed by atoms with van der Waals surface area (Å²) in [6.45, 7) is 3.21. The van der Waals surface area contributed by atoms with Gasteiger partial charge in [-0.2, -0.15) is 12.8 Å². The van der Waals surface area contributed by atoms with E-state index in [4.69, 9.17) is 17.0 Å². The standard InChI is InChI=1S/C14H19N3O4S2/c1-14(2,12(18)16-13(22)15-3)11(17-23(19)20)9-5-7-10(21-4)8-6-9/h5-8,11H,1-4H3,(H2,15,16,18,22). The molecule has 2 N–H and O–H groups in total. The zero-order valence-corrected chi connectivity index (χ0v) is 14.9. The van der Waals surface area contributed by atoms with E-state index >= 15 is 0 Å². The highest BCUT2D eigenvalue weighted by atomic mass is 32.2. The minimum absolute atomic E-state index is 0.153. The average molecular weight is 357 g/mol. The van der Waals surface area contributed by atoms with Crippen LogP contribution >= 0.6 is 12.2 Å². The molecule has 0 spiro atoms. The second-order valence-electron chi connectivity index (χ2n) is 5.25. The third-order valence-electron chi connectivity index (χ3n) is 3.35. The van der Waals surface area contributed by atoms with Crippen molar-refractivity contribution in [3.05, 3.63) is 29.8 Å². The number of thiocarbonyl (C=S) groups is 1. The largest absolute Gasteiger partial charge is 0.497 e. The number of amides is 1. The summed E-state index contributed by atoms with van der Waals surface area (Å²) in [5.41, 5.74) is -0.569. The van der Waals surface area contributed by atoms with Gasteiger partial charge in [-0.25, -0.2) is 0 Å². The van der Waals surface area contributed by atoms with Crippen LogP contribution in [0.4, 0.5) is 0 Å². The smallest absolute Gasteiger partial charge is 0.311 e. The molecular weight excluding hydrogens is 338 g/mol. The van der Waals surface area contributed by atoms with E-state index < -0.39 is 27.9 Å². The van der Waals surface area contributed by atoms with Gasteiger partial charge in [-0.05, 0) is 43.8 Å². The monoisotopic (exact) mass is 357 g/mol. The Kier molecular flexibility index (Phi) is 6.64. The van der Waals surface area contributed by atoms with Crippen LogP contribution in [0.25, 0.3) is 0 Å². The molecule has 9 heteroatoms. The normalized spacial score (nSPS) is 12.0. The topological polar surface area (TPSA) is 96.9 Å². The van der Waals surface area contributed by atoms with E-state index in [1.54, 1.807) is 45.2 Å². The van der Waals surface area contributed by atoms with Crippen molar-refractivity contribution in [2.45, 2.75) is 19.9 Å². The maximum absolute atomic E-state index is 12.4. The maximum Gasteiger partial charge on any atom is 0.311 e. The minimum Gasteiger partial charge on any atom is -0.497 e. The van der Waals surface area contributed by atoms with Crippen molar-refractivity contribution in [3.63, 3.8) is 0 Å². The molecule has 7 nitrogen and oxygen atoms in total.